The fraction of sp³-hybridized carbons (Fsp3) is 0.278. The van der Waals surface area contributed by atoms with Gasteiger partial charge in [-0.15, -0.1) is 0 Å². The van der Waals surface area contributed by atoms with Crippen LogP contribution in [-0.4, -0.2) is 46.5 Å². The molecule has 0 aliphatic carbocycles. The predicted molar refractivity (Wildman–Crippen MR) is 101 cm³/mol. The van der Waals surface area contributed by atoms with Gasteiger partial charge in [0.1, 0.15) is 12.4 Å². The van der Waals surface area contributed by atoms with Gasteiger partial charge >= 0.3 is 0 Å². The van der Waals surface area contributed by atoms with Gasteiger partial charge in [-0.1, -0.05) is 23.7 Å². The van der Waals surface area contributed by atoms with E-state index in [1.54, 1.807) is 44.3 Å². The molecule has 140 valence electrons. The lowest BCUT2D eigenvalue weighted by molar-refractivity contribution is 0.0773. The monoisotopic (exact) mass is 396 g/mol. The van der Waals surface area contributed by atoms with Crippen LogP contribution in [0.25, 0.3) is 0 Å². The van der Waals surface area contributed by atoms with Crippen LogP contribution in [-0.2, 0) is 10.0 Å². The van der Waals surface area contributed by atoms with Crippen LogP contribution in [0, 0.1) is 6.92 Å². The highest BCUT2D eigenvalue weighted by atomic mass is 35.5. The molecular formula is C18H21ClN2O4S. The summed E-state index contributed by atoms with van der Waals surface area (Å²) in [4.78, 5) is 14.2. The summed E-state index contributed by atoms with van der Waals surface area (Å²) in [5.41, 5.74) is 1.04. The molecule has 0 heterocycles. The van der Waals surface area contributed by atoms with Crippen LogP contribution in [0.2, 0.25) is 5.02 Å². The molecule has 2 aromatic rings. The van der Waals surface area contributed by atoms with Crippen molar-refractivity contribution in [3.05, 3.63) is 58.6 Å². The van der Waals surface area contributed by atoms with Gasteiger partial charge in [-0.2, -0.15) is 0 Å². The quantitative estimate of drug-likeness (QED) is 0.780. The molecule has 0 radical (unpaired) electrons. The summed E-state index contributed by atoms with van der Waals surface area (Å²) in [7, 11) is -0.641. The molecule has 8 heteroatoms. The number of hydrogen-bond acceptors (Lipinski definition) is 4. The summed E-state index contributed by atoms with van der Waals surface area (Å²) in [5, 5.41) is 0.574. The van der Waals surface area contributed by atoms with Gasteiger partial charge in [0.15, 0.2) is 0 Å². The Balaban J connectivity index is 2.06. The zero-order valence-corrected chi connectivity index (χ0v) is 16.4. The van der Waals surface area contributed by atoms with Crippen molar-refractivity contribution < 1.29 is 17.9 Å². The number of sulfonamides is 1. The molecule has 0 unspecified atom stereocenters. The van der Waals surface area contributed by atoms with Gasteiger partial charge < -0.3 is 9.64 Å². The second-order valence-corrected chi connectivity index (χ2v) is 8.04. The molecule has 1 N–H and O–H groups in total. The third-order valence-corrected chi connectivity index (χ3v) is 5.50. The minimum absolute atomic E-state index is 0.0533. The standard InChI is InChI=1S/C18H21ClN2O4S/c1-13-7-8-16(26(23,24)20-2)12-17(13)18(22)21(3)9-10-25-15-6-4-5-14(19)11-15/h4-8,11-12,20H,9-10H2,1-3H3. The molecule has 0 bridgehead atoms. The first-order chi connectivity index (χ1) is 12.2. The number of likely N-dealkylation sites (N-methyl/N-ethyl adjacent to an activating group) is 1. The molecule has 0 spiro atoms. The molecule has 0 aliphatic heterocycles. The second kappa shape index (κ2) is 8.53. The Bertz CT molecular complexity index is 900. The van der Waals surface area contributed by atoms with E-state index < -0.39 is 10.0 Å². The van der Waals surface area contributed by atoms with Gasteiger partial charge in [0.05, 0.1) is 11.4 Å². The Morgan fingerprint density at radius 3 is 2.62 bits per heavy atom. The van der Waals surface area contributed by atoms with E-state index in [-0.39, 0.29) is 17.4 Å². The van der Waals surface area contributed by atoms with Crippen LogP contribution in [0.4, 0.5) is 0 Å². The fourth-order valence-electron chi connectivity index (χ4n) is 2.28. The first kappa shape index (κ1) is 20.2. The van der Waals surface area contributed by atoms with Gasteiger partial charge in [0.2, 0.25) is 10.0 Å². The number of nitrogens with zero attached hydrogens (tertiary/aromatic N) is 1. The largest absolute Gasteiger partial charge is 0.492 e. The van der Waals surface area contributed by atoms with Crippen molar-refractivity contribution >= 4 is 27.5 Å². The van der Waals surface area contributed by atoms with Crippen molar-refractivity contribution in [1.82, 2.24) is 9.62 Å². The average Bonchev–Trinajstić information content (AvgIpc) is 2.61. The van der Waals surface area contributed by atoms with E-state index in [1.807, 2.05) is 0 Å². The summed E-state index contributed by atoms with van der Waals surface area (Å²) < 4.78 is 31.7. The summed E-state index contributed by atoms with van der Waals surface area (Å²) >= 11 is 5.90. The van der Waals surface area contributed by atoms with Crippen LogP contribution in [0.3, 0.4) is 0 Å². The molecule has 0 fully saturated rings. The van der Waals surface area contributed by atoms with E-state index in [0.29, 0.717) is 28.4 Å². The molecule has 26 heavy (non-hydrogen) atoms. The molecule has 0 aromatic heterocycles. The van der Waals surface area contributed by atoms with Crippen molar-refractivity contribution in [3.63, 3.8) is 0 Å². The minimum atomic E-state index is -3.61. The Labute approximate surface area is 158 Å². The number of ether oxygens (including phenoxy) is 1. The molecule has 0 atom stereocenters. The van der Waals surface area contributed by atoms with Gasteiger partial charge in [-0.05, 0) is 49.9 Å². The smallest absolute Gasteiger partial charge is 0.254 e. The van der Waals surface area contributed by atoms with E-state index in [9.17, 15) is 13.2 Å². The molecule has 0 aliphatic rings. The summed E-state index contributed by atoms with van der Waals surface area (Å²) in [6.45, 7) is 2.39. The lowest BCUT2D eigenvalue weighted by Gasteiger charge is -2.19. The number of carbonyl (C=O) groups is 1. The lowest BCUT2D eigenvalue weighted by atomic mass is 10.1. The number of nitrogens with one attached hydrogen (secondary N) is 1. The highest BCUT2D eigenvalue weighted by molar-refractivity contribution is 7.89. The number of carbonyl (C=O) groups excluding carboxylic acids is 1. The minimum Gasteiger partial charge on any atom is -0.492 e. The molecule has 2 aromatic carbocycles. The van der Waals surface area contributed by atoms with E-state index >= 15 is 0 Å². The summed E-state index contributed by atoms with van der Waals surface area (Å²) in [6.07, 6.45) is 0. The Morgan fingerprint density at radius 1 is 1.23 bits per heavy atom. The van der Waals surface area contributed by atoms with E-state index in [1.165, 1.54) is 24.1 Å². The van der Waals surface area contributed by atoms with Crippen LogP contribution in [0.1, 0.15) is 15.9 Å². The molecule has 2 rings (SSSR count). The van der Waals surface area contributed by atoms with Crippen LogP contribution in [0.15, 0.2) is 47.4 Å². The predicted octanol–water partition coefficient (Wildman–Crippen LogP) is 2.71. The number of benzene rings is 2. The topological polar surface area (TPSA) is 75.7 Å². The van der Waals surface area contributed by atoms with Gasteiger partial charge in [0, 0.05) is 17.6 Å². The maximum Gasteiger partial charge on any atom is 0.254 e. The third-order valence-electron chi connectivity index (χ3n) is 3.86. The first-order valence-electron chi connectivity index (χ1n) is 7.92. The maximum absolute atomic E-state index is 12.7. The third kappa shape index (κ3) is 4.97. The molecule has 6 nitrogen and oxygen atoms in total. The molecule has 0 saturated heterocycles. The van der Waals surface area contributed by atoms with Gasteiger partial charge in [0.25, 0.3) is 5.91 Å². The molecule has 0 saturated carbocycles. The van der Waals surface area contributed by atoms with Crippen molar-refractivity contribution in [2.45, 2.75) is 11.8 Å². The van der Waals surface area contributed by atoms with Crippen LogP contribution in [0.5, 0.6) is 5.75 Å². The second-order valence-electron chi connectivity index (χ2n) is 5.72. The van der Waals surface area contributed by atoms with Gasteiger partial charge in [-0.3, -0.25) is 4.79 Å². The zero-order chi connectivity index (χ0) is 19.3. The lowest BCUT2D eigenvalue weighted by Crippen LogP contribution is -2.31. The number of amides is 1. The number of hydrogen-bond donors (Lipinski definition) is 1. The Morgan fingerprint density at radius 2 is 1.96 bits per heavy atom. The molecular weight excluding hydrogens is 376 g/mol. The molecule has 1 amide bonds. The van der Waals surface area contributed by atoms with E-state index in [0.717, 1.165) is 0 Å². The SMILES string of the molecule is CNS(=O)(=O)c1ccc(C)c(C(=O)N(C)CCOc2cccc(Cl)c2)c1. The summed E-state index contributed by atoms with van der Waals surface area (Å²) in [6, 6.07) is 11.5. The van der Waals surface area contributed by atoms with Crippen molar-refractivity contribution in [2.75, 3.05) is 27.2 Å². The first-order valence-corrected chi connectivity index (χ1v) is 9.79. The van der Waals surface area contributed by atoms with E-state index in [4.69, 9.17) is 16.3 Å². The number of rotatable bonds is 7. The highest BCUT2D eigenvalue weighted by Crippen LogP contribution is 2.18. The average molecular weight is 397 g/mol. The zero-order valence-electron chi connectivity index (χ0n) is 14.8. The Hall–Kier alpha value is -2.09. The summed E-state index contributed by atoms with van der Waals surface area (Å²) in [5.74, 6) is 0.349. The van der Waals surface area contributed by atoms with Crippen molar-refractivity contribution in [3.8, 4) is 5.75 Å². The number of halogens is 1. The van der Waals surface area contributed by atoms with Crippen LogP contribution >= 0.6 is 11.6 Å². The normalized spacial score (nSPS) is 11.2. The fourth-order valence-corrected chi connectivity index (χ4v) is 3.22. The van der Waals surface area contributed by atoms with Crippen LogP contribution < -0.4 is 9.46 Å². The van der Waals surface area contributed by atoms with Crippen molar-refractivity contribution in [2.24, 2.45) is 0 Å². The van der Waals surface area contributed by atoms with Crippen molar-refractivity contribution in [1.29, 1.82) is 0 Å². The Kier molecular flexibility index (Phi) is 6.63. The number of aryl methyl sites for hydroxylation is 1. The van der Waals surface area contributed by atoms with E-state index in [2.05, 4.69) is 4.72 Å². The maximum atomic E-state index is 12.7. The van der Waals surface area contributed by atoms with Gasteiger partial charge in [-0.25, -0.2) is 13.1 Å². The highest BCUT2D eigenvalue weighted by Gasteiger charge is 2.19.